The lowest BCUT2D eigenvalue weighted by Crippen LogP contribution is -2.25. The molecule has 21 heavy (non-hydrogen) atoms. The number of nitrogens with one attached hydrogen (secondary N) is 1. The van der Waals surface area contributed by atoms with Crippen molar-refractivity contribution in [3.8, 4) is 0 Å². The predicted molar refractivity (Wildman–Crippen MR) is 88.8 cm³/mol. The molecule has 0 aliphatic heterocycles. The molecule has 0 saturated heterocycles. The average molecular weight is 287 g/mol. The first-order valence-electron chi connectivity index (χ1n) is 7.61. The number of likely N-dealkylation sites (N-methyl/N-ethyl adjacent to an activating group) is 1. The first-order valence-corrected chi connectivity index (χ1v) is 7.61. The van der Waals surface area contributed by atoms with Gasteiger partial charge in [0, 0.05) is 49.9 Å². The second-order valence-electron chi connectivity index (χ2n) is 5.05. The normalized spacial score (nSPS) is 10.6. The molecule has 1 aromatic carbocycles. The molecule has 1 heterocycles. The molecule has 0 spiro atoms. The molecule has 114 valence electrons. The van der Waals surface area contributed by atoms with Crippen molar-refractivity contribution >= 4 is 11.4 Å². The largest absolute Gasteiger partial charge is 0.395 e. The molecule has 4 heteroatoms. The molecule has 0 aliphatic carbocycles. The van der Waals surface area contributed by atoms with Crippen molar-refractivity contribution in [3.05, 3.63) is 48.3 Å². The van der Waals surface area contributed by atoms with Crippen molar-refractivity contribution in [1.29, 1.82) is 0 Å². The van der Waals surface area contributed by atoms with Gasteiger partial charge in [-0.05, 0) is 49.7 Å². The van der Waals surface area contributed by atoms with Crippen molar-refractivity contribution < 1.29 is 5.11 Å². The van der Waals surface area contributed by atoms with Gasteiger partial charge in [-0.15, -0.1) is 0 Å². The van der Waals surface area contributed by atoms with Crippen LogP contribution < -0.4 is 10.2 Å². The third-order valence-corrected chi connectivity index (χ3v) is 3.66. The number of anilines is 2. The van der Waals surface area contributed by atoms with Crippen LogP contribution in [0.3, 0.4) is 0 Å². The van der Waals surface area contributed by atoms with Crippen LogP contribution in [0.5, 0.6) is 0 Å². The fourth-order valence-electron chi connectivity index (χ4n) is 2.38. The number of hydrogen-bond acceptors (Lipinski definition) is 3. The molecule has 0 saturated carbocycles. The zero-order chi connectivity index (χ0) is 15.1. The van der Waals surface area contributed by atoms with Gasteiger partial charge in [0.15, 0.2) is 0 Å². The molecule has 0 amide bonds. The number of rotatable bonds is 8. The fourth-order valence-corrected chi connectivity index (χ4v) is 2.38. The Morgan fingerprint density at radius 2 is 1.90 bits per heavy atom. The summed E-state index contributed by atoms with van der Waals surface area (Å²) in [6.45, 7) is 7.84. The van der Waals surface area contributed by atoms with Crippen LogP contribution in [0.4, 0.5) is 11.4 Å². The highest BCUT2D eigenvalue weighted by Gasteiger charge is 2.03. The number of benzene rings is 1. The Kier molecular flexibility index (Phi) is 5.69. The minimum atomic E-state index is 0.183. The first kappa shape index (κ1) is 15.4. The number of aromatic nitrogens is 1. The summed E-state index contributed by atoms with van der Waals surface area (Å²) in [7, 11) is 0. The van der Waals surface area contributed by atoms with E-state index in [1.54, 1.807) is 0 Å². The van der Waals surface area contributed by atoms with E-state index in [-0.39, 0.29) is 6.61 Å². The van der Waals surface area contributed by atoms with E-state index in [4.69, 9.17) is 5.11 Å². The van der Waals surface area contributed by atoms with Crippen LogP contribution >= 0.6 is 0 Å². The highest BCUT2D eigenvalue weighted by atomic mass is 16.3. The number of hydrogen-bond donors (Lipinski definition) is 2. The molecular formula is C17H25N3O. The van der Waals surface area contributed by atoms with Gasteiger partial charge in [0.1, 0.15) is 0 Å². The summed E-state index contributed by atoms with van der Waals surface area (Å²) in [5.74, 6) is 0. The number of nitrogens with zero attached hydrogens (tertiary/aromatic N) is 2. The summed E-state index contributed by atoms with van der Waals surface area (Å²) in [6, 6.07) is 10.5. The van der Waals surface area contributed by atoms with Gasteiger partial charge in [-0.3, -0.25) is 0 Å². The average Bonchev–Trinajstić information content (AvgIpc) is 2.99. The molecule has 0 radical (unpaired) electrons. The smallest absolute Gasteiger partial charge is 0.0606 e. The maximum absolute atomic E-state index is 9.06. The van der Waals surface area contributed by atoms with Crippen LogP contribution in [0.25, 0.3) is 0 Å². The fraction of sp³-hybridized carbons (Fsp3) is 0.412. The van der Waals surface area contributed by atoms with E-state index in [1.165, 1.54) is 5.56 Å². The van der Waals surface area contributed by atoms with Crippen molar-refractivity contribution in [2.75, 3.05) is 29.9 Å². The Bertz CT molecular complexity index is 533. The maximum Gasteiger partial charge on any atom is 0.0606 e. The minimum absolute atomic E-state index is 0.183. The van der Waals surface area contributed by atoms with Gasteiger partial charge in [0.2, 0.25) is 0 Å². The van der Waals surface area contributed by atoms with Gasteiger partial charge < -0.3 is 19.9 Å². The van der Waals surface area contributed by atoms with Crippen LogP contribution in [-0.2, 0) is 13.1 Å². The Hall–Kier alpha value is -1.94. The third kappa shape index (κ3) is 4.26. The summed E-state index contributed by atoms with van der Waals surface area (Å²) in [4.78, 5) is 2.16. The molecule has 0 aliphatic rings. The van der Waals surface area contributed by atoms with Crippen molar-refractivity contribution in [2.24, 2.45) is 0 Å². The zero-order valence-corrected chi connectivity index (χ0v) is 12.9. The van der Waals surface area contributed by atoms with Crippen LogP contribution in [0.2, 0.25) is 0 Å². The lowest BCUT2D eigenvalue weighted by Gasteiger charge is -2.22. The van der Waals surface area contributed by atoms with Crippen molar-refractivity contribution in [2.45, 2.75) is 26.9 Å². The van der Waals surface area contributed by atoms with E-state index in [0.29, 0.717) is 6.54 Å². The zero-order valence-electron chi connectivity index (χ0n) is 12.9. The van der Waals surface area contributed by atoms with Crippen molar-refractivity contribution in [3.63, 3.8) is 0 Å². The summed E-state index contributed by atoms with van der Waals surface area (Å²) in [5, 5.41) is 12.5. The van der Waals surface area contributed by atoms with Crippen LogP contribution in [0, 0.1) is 0 Å². The Balaban J connectivity index is 1.92. The molecular weight excluding hydrogens is 262 g/mol. The van der Waals surface area contributed by atoms with E-state index >= 15 is 0 Å². The molecule has 0 atom stereocenters. The first-order chi connectivity index (χ1) is 10.3. The van der Waals surface area contributed by atoms with Gasteiger partial charge in [0.25, 0.3) is 0 Å². The Morgan fingerprint density at radius 1 is 1.14 bits per heavy atom. The van der Waals surface area contributed by atoms with E-state index in [2.05, 4.69) is 71.4 Å². The summed E-state index contributed by atoms with van der Waals surface area (Å²) >= 11 is 0. The summed E-state index contributed by atoms with van der Waals surface area (Å²) in [5.41, 5.74) is 3.55. The molecule has 2 N–H and O–H groups in total. The molecule has 2 aromatic rings. The highest BCUT2D eigenvalue weighted by molar-refractivity contribution is 5.55. The lowest BCUT2D eigenvalue weighted by molar-refractivity contribution is 0.302. The van der Waals surface area contributed by atoms with Crippen LogP contribution in [0.1, 0.15) is 19.4 Å². The van der Waals surface area contributed by atoms with Gasteiger partial charge in [-0.25, -0.2) is 0 Å². The van der Waals surface area contributed by atoms with Gasteiger partial charge >= 0.3 is 0 Å². The third-order valence-electron chi connectivity index (χ3n) is 3.66. The maximum atomic E-state index is 9.06. The van der Waals surface area contributed by atoms with Crippen LogP contribution in [-0.4, -0.2) is 29.4 Å². The molecule has 0 unspecified atom stereocenters. The molecule has 2 rings (SSSR count). The molecule has 1 aromatic heterocycles. The van der Waals surface area contributed by atoms with Gasteiger partial charge in [0.05, 0.1) is 6.61 Å². The SMILES string of the molecule is CCN(CCO)c1ccc(NCc2ccn(CC)c2)cc1. The van der Waals surface area contributed by atoms with E-state index < -0.39 is 0 Å². The summed E-state index contributed by atoms with van der Waals surface area (Å²) in [6.07, 6.45) is 4.27. The Morgan fingerprint density at radius 3 is 2.48 bits per heavy atom. The van der Waals surface area contributed by atoms with Crippen molar-refractivity contribution in [1.82, 2.24) is 4.57 Å². The molecule has 4 nitrogen and oxygen atoms in total. The second kappa shape index (κ2) is 7.74. The molecule has 0 bridgehead atoms. The number of aliphatic hydroxyl groups excluding tert-OH is 1. The highest BCUT2D eigenvalue weighted by Crippen LogP contribution is 2.18. The number of aliphatic hydroxyl groups is 1. The van der Waals surface area contributed by atoms with Gasteiger partial charge in [-0.2, -0.15) is 0 Å². The molecule has 0 fully saturated rings. The Labute approximate surface area is 127 Å². The second-order valence-corrected chi connectivity index (χ2v) is 5.05. The van der Waals surface area contributed by atoms with E-state index in [1.807, 2.05) is 0 Å². The lowest BCUT2D eigenvalue weighted by atomic mass is 10.2. The monoisotopic (exact) mass is 287 g/mol. The van der Waals surface area contributed by atoms with Crippen LogP contribution in [0.15, 0.2) is 42.7 Å². The summed E-state index contributed by atoms with van der Waals surface area (Å²) < 4.78 is 2.17. The van der Waals surface area contributed by atoms with Gasteiger partial charge in [-0.1, -0.05) is 0 Å². The topological polar surface area (TPSA) is 40.4 Å². The van der Waals surface area contributed by atoms with E-state index in [0.717, 1.165) is 31.0 Å². The minimum Gasteiger partial charge on any atom is -0.395 e. The predicted octanol–water partition coefficient (Wildman–Crippen LogP) is 2.94. The number of aryl methyl sites for hydroxylation is 1. The van der Waals surface area contributed by atoms with E-state index in [9.17, 15) is 0 Å². The quantitative estimate of drug-likeness (QED) is 0.784. The standard InChI is InChI=1S/C17H25N3O/c1-3-19-10-9-15(14-19)13-18-16-5-7-17(8-6-16)20(4-2)11-12-21/h5-10,14,18,21H,3-4,11-13H2,1-2H3.